The predicted octanol–water partition coefficient (Wildman–Crippen LogP) is 6.72. The van der Waals surface area contributed by atoms with Crippen molar-refractivity contribution in [2.45, 2.75) is 11.8 Å². The zero-order valence-electron chi connectivity index (χ0n) is 16.8. The molecule has 162 valence electrons. The summed E-state index contributed by atoms with van der Waals surface area (Å²) in [6.07, 6.45) is 0. The number of hydrogen-bond acceptors (Lipinski definition) is 5. The van der Waals surface area contributed by atoms with Gasteiger partial charge in [0.25, 0.3) is 0 Å². The molecule has 3 aromatic carbocycles. The van der Waals surface area contributed by atoms with E-state index in [4.69, 9.17) is 39.8 Å². The van der Waals surface area contributed by atoms with E-state index < -0.39 is 0 Å². The standard InChI is InChI=1S/C23H17Cl2N3O2S2/c1-13-2-9-20-19(10-13)26-22(30-20)14-3-8-17(25)18(11-14)27-23(31)28-21(29)12-32-16-6-4-15(24)5-7-16/h2-11H,12H2,1H3,(H2,27,28,29,31). The maximum absolute atomic E-state index is 12.2. The van der Waals surface area contributed by atoms with Crippen LogP contribution >= 0.6 is 47.2 Å². The average Bonchev–Trinajstić information content (AvgIpc) is 3.18. The van der Waals surface area contributed by atoms with E-state index >= 15 is 0 Å². The summed E-state index contributed by atoms with van der Waals surface area (Å²) < 4.78 is 5.86. The normalized spacial score (nSPS) is 10.8. The number of carbonyl (C=O) groups is 1. The second-order valence-electron chi connectivity index (χ2n) is 6.93. The highest BCUT2D eigenvalue weighted by Crippen LogP contribution is 2.30. The summed E-state index contributed by atoms with van der Waals surface area (Å²) in [5, 5.41) is 6.89. The second kappa shape index (κ2) is 9.92. The molecule has 0 aliphatic carbocycles. The molecular formula is C23H17Cl2N3O2S2. The Hall–Kier alpha value is -2.58. The van der Waals surface area contributed by atoms with Crippen LogP contribution in [0.25, 0.3) is 22.6 Å². The van der Waals surface area contributed by atoms with Gasteiger partial charge in [-0.05, 0) is 79.3 Å². The van der Waals surface area contributed by atoms with E-state index in [-0.39, 0.29) is 16.8 Å². The van der Waals surface area contributed by atoms with E-state index in [1.807, 2.05) is 43.3 Å². The summed E-state index contributed by atoms with van der Waals surface area (Å²) in [5.41, 5.74) is 3.86. The van der Waals surface area contributed by atoms with Crippen molar-refractivity contribution < 1.29 is 9.21 Å². The Morgan fingerprint density at radius 2 is 1.88 bits per heavy atom. The maximum atomic E-state index is 12.2. The number of fused-ring (bicyclic) bond motifs is 1. The lowest BCUT2D eigenvalue weighted by atomic mass is 10.2. The van der Waals surface area contributed by atoms with Gasteiger partial charge in [0.2, 0.25) is 11.8 Å². The van der Waals surface area contributed by atoms with Gasteiger partial charge in [0.1, 0.15) is 5.52 Å². The van der Waals surface area contributed by atoms with Gasteiger partial charge >= 0.3 is 0 Å². The van der Waals surface area contributed by atoms with E-state index in [9.17, 15) is 4.79 Å². The average molecular weight is 502 g/mol. The van der Waals surface area contributed by atoms with Gasteiger partial charge in [-0.15, -0.1) is 11.8 Å². The summed E-state index contributed by atoms with van der Waals surface area (Å²) in [6.45, 7) is 2.00. The van der Waals surface area contributed by atoms with Gasteiger partial charge in [-0.3, -0.25) is 4.79 Å². The van der Waals surface area contributed by atoms with Crippen molar-refractivity contribution in [3.63, 3.8) is 0 Å². The summed E-state index contributed by atoms with van der Waals surface area (Å²) in [7, 11) is 0. The van der Waals surface area contributed by atoms with Crippen LogP contribution in [0, 0.1) is 6.92 Å². The number of halogens is 2. The van der Waals surface area contributed by atoms with Crippen molar-refractivity contribution in [1.82, 2.24) is 10.3 Å². The first-order valence-electron chi connectivity index (χ1n) is 9.54. The van der Waals surface area contributed by atoms with E-state index in [2.05, 4.69) is 15.6 Å². The molecule has 0 atom stereocenters. The highest BCUT2D eigenvalue weighted by molar-refractivity contribution is 8.00. The number of thioether (sulfide) groups is 1. The molecule has 5 nitrogen and oxygen atoms in total. The summed E-state index contributed by atoms with van der Waals surface area (Å²) in [6, 6.07) is 18.4. The van der Waals surface area contributed by atoms with Crippen molar-refractivity contribution in [1.29, 1.82) is 0 Å². The molecule has 0 radical (unpaired) electrons. The Morgan fingerprint density at radius 3 is 2.66 bits per heavy atom. The SMILES string of the molecule is Cc1ccc2oc(-c3ccc(Cl)c(NC(=S)NC(=O)CSc4ccc(Cl)cc4)c3)nc2c1. The Bertz CT molecular complexity index is 1310. The van der Waals surface area contributed by atoms with Crippen molar-refractivity contribution in [3.05, 3.63) is 76.3 Å². The Labute approximate surface area is 204 Å². The number of carbonyl (C=O) groups excluding carboxylic acids is 1. The van der Waals surface area contributed by atoms with Gasteiger partial charge in [-0.2, -0.15) is 0 Å². The van der Waals surface area contributed by atoms with E-state index in [1.54, 1.807) is 24.3 Å². The molecular weight excluding hydrogens is 485 g/mol. The van der Waals surface area contributed by atoms with Crippen LogP contribution in [0.3, 0.4) is 0 Å². The van der Waals surface area contributed by atoms with E-state index in [0.29, 0.717) is 27.2 Å². The summed E-state index contributed by atoms with van der Waals surface area (Å²) in [5.74, 6) is 0.447. The molecule has 0 aliphatic heterocycles. The van der Waals surface area contributed by atoms with E-state index in [1.165, 1.54) is 11.8 Å². The van der Waals surface area contributed by atoms with Crippen LogP contribution in [0.1, 0.15) is 5.56 Å². The molecule has 0 bridgehead atoms. The topological polar surface area (TPSA) is 67.2 Å². The van der Waals surface area contributed by atoms with Gasteiger partial charge < -0.3 is 15.1 Å². The fraction of sp³-hybridized carbons (Fsp3) is 0.0870. The zero-order chi connectivity index (χ0) is 22.7. The van der Waals surface area contributed by atoms with Crippen molar-refractivity contribution in [3.8, 4) is 11.5 Å². The maximum Gasteiger partial charge on any atom is 0.236 e. The zero-order valence-corrected chi connectivity index (χ0v) is 20.0. The van der Waals surface area contributed by atoms with Crippen molar-refractivity contribution in [2.75, 3.05) is 11.1 Å². The quantitative estimate of drug-likeness (QED) is 0.233. The summed E-state index contributed by atoms with van der Waals surface area (Å²) >= 11 is 18.9. The van der Waals surface area contributed by atoms with Crippen molar-refractivity contribution >= 4 is 75.0 Å². The highest BCUT2D eigenvalue weighted by atomic mass is 35.5. The molecule has 4 rings (SSSR count). The third kappa shape index (κ3) is 5.61. The highest BCUT2D eigenvalue weighted by Gasteiger charge is 2.13. The molecule has 0 unspecified atom stereocenters. The van der Waals surface area contributed by atoms with Crippen LogP contribution < -0.4 is 10.6 Å². The number of nitrogens with zero attached hydrogens (tertiary/aromatic N) is 1. The number of hydrogen-bond donors (Lipinski definition) is 2. The number of rotatable bonds is 5. The Morgan fingerprint density at radius 1 is 1.09 bits per heavy atom. The molecule has 0 aliphatic rings. The molecule has 9 heteroatoms. The number of benzene rings is 3. The molecule has 1 heterocycles. The van der Waals surface area contributed by atoms with Gasteiger partial charge in [0, 0.05) is 15.5 Å². The molecule has 0 saturated carbocycles. The molecule has 32 heavy (non-hydrogen) atoms. The molecule has 0 saturated heterocycles. The monoisotopic (exact) mass is 501 g/mol. The van der Waals surface area contributed by atoms with Crippen LogP contribution in [0.4, 0.5) is 5.69 Å². The molecule has 0 fully saturated rings. The molecule has 1 aromatic heterocycles. The van der Waals surface area contributed by atoms with Crippen molar-refractivity contribution in [2.24, 2.45) is 0 Å². The lowest BCUT2D eigenvalue weighted by Gasteiger charge is -2.11. The van der Waals surface area contributed by atoms with Crippen LogP contribution in [0.15, 0.2) is 70.0 Å². The summed E-state index contributed by atoms with van der Waals surface area (Å²) in [4.78, 5) is 17.7. The lowest BCUT2D eigenvalue weighted by Crippen LogP contribution is -2.35. The first kappa shape index (κ1) is 22.6. The number of aryl methyl sites for hydroxylation is 1. The molecule has 4 aromatic rings. The lowest BCUT2D eigenvalue weighted by molar-refractivity contribution is -0.117. The third-order valence-corrected chi connectivity index (χ3v) is 6.24. The van der Waals surface area contributed by atoms with Crippen LogP contribution in [0.2, 0.25) is 10.0 Å². The number of thiocarbonyl (C=S) groups is 1. The number of nitrogens with one attached hydrogen (secondary N) is 2. The minimum absolute atomic E-state index is 0.152. The smallest absolute Gasteiger partial charge is 0.236 e. The number of anilines is 1. The van der Waals surface area contributed by atoms with E-state index in [0.717, 1.165) is 21.5 Å². The largest absolute Gasteiger partial charge is 0.436 e. The van der Waals surface area contributed by atoms with Gasteiger partial charge in [0.15, 0.2) is 10.7 Å². The third-order valence-electron chi connectivity index (χ3n) is 4.44. The number of aromatic nitrogens is 1. The van der Waals surface area contributed by atoms with Crippen LogP contribution in [-0.2, 0) is 4.79 Å². The second-order valence-corrected chi connectivity index (χ2v) is 9.23. The Balaban J connectivity index is 1.41. The van der Waals surface area contributed by atoms with Gasteiger partial charge in [-0.25, -0.2) is 4.98 Å². The Kier molecular flexibility index (Phi) is 7.01. The fourth-order valence-electron chi connectivity index (χ4n) is 2.91. The first-order chi connectivity index (χ1) is 15.4. The van der Waals surface area contributed by atoms with Crippen LogP contribution in [-0.4, -0.2) is 21.8 Å². The molecule has 1 amide bonds. The number of oxazole rings is 1. The van der Waals surface area contributed by atoms with Gasteiger partial charge in [0.05, 0.1) is 16.5 Å². The molecule has 2 N–H and O–H groups in total. The minimum atomic E-state index is -0.232. The van der Waals surface area contributed by atoms with Crippen LogP contribution in [0.5, 0.6) is 0 Å². The first-order valence-corrected chi connectivity index (χ1v) is 11.7. The fourth-order valence-corrected chi connectivity index (χ4v) is 4.12. The predicted molar refractivity (Wildman–Crippen MR) is 136 cm³/mol. The number of amides is 1. The minimum Gasteiger partial charge on any atom is -0.436 e. The molecule has 0 spiro atoms. The van der Waals surface area contributed by atoms with Gasteiger partial charge in [-0.1, -0.05) is 29.3 Å².